The van der Waals surface area contributed by atoms with Gasteiger partial charge in [0, 0.05) is 25.3 Å². The molecule has 1 aliphatic heterocycles. The van der Waals surface area contributed by atoms with Gasteiger partial charge in [-0.15, -0.1) is 0 Å². The van der Waals surface area contributed by atoms with Crippen LogP contribution in [0, 0.1) is 5.92 Å². The summed E-state index contributed by atoms with van der Waals surface area (Å²) >= 11 is 0. The third-order valence-electron chi connectivity index (χ3n) is 3.98. The van der Waals surface area contributed by atoms with Gasteiger partial charge in [-0.3, -0.25) is 4.79 Å². The zero-order valence-corrected chi connectivity index (χ0v) is 13.0. The number of nitrogens with zero attached hydrogens (tertiary/aromatic N) is 1. The summed E-state index contributed by atoms with van der Waals surface area (Å²) in [5.74, 6) is -0.394. The number of carbonyl (C=O) groups is 1. The van der Waals surface area contributed by atoms with Gasteiger partial charge in [0.05, 0.1) is 0 Å². The highest BCUT2D eigenvalue weighted by Gasteiger charge is 2.20. The fraction of sp³-hybridized carbons (Fsp3) is 0.588. The van der Waals surface area contributed by atoms with Crippen molar-refractivity contribution < 1.29 is 9.90 Å². The maximum absolute atomic E-state index is 11.3. The molecule has 1 aromatic rings. The molecular weight excluding hydrogens is 264 g/mol. The summed E-state index contributed by atoms with van der Waals surface area (Å²) < 4.78 is 0. The molecule has 116 valence electrons. The molecule has 1 saturated heterocycles. The lowest BCUT2D eigenvalue weighted by atomic mass is 10.0. The van der Waals surface area contributed by atoms with Crippen molar-refractivity contribution in [2.24, 2.45) is 5.92 Å². The number of anilines is 1. The SMILES string of the molecule is CC(C)CC(NCc1ccccc1N1CCCC1)C(=O)O. The van der Waals surface area contributed by atoms with E-state index in [1.165, 1.54) is 24.1 Å². The molecule has 1 atom stereocenters. The first-order valence-corrected chi connectivity index (χ1v) is 7.87. The van der Waals surface area contributed by atoms with E-state index in [1.54, 1.807) is 0 Å². The third kappa shape index (κ3) is 4.46. The van der Waals surface area contributed by atoms with Gasteiger partial charge in [-0.25, -0.2) is 0 Å². The van der Waals surface area contributed by atoms with Crippen molar-refractivity contribution in [2.75, 3.05) is 18.0 Å². The predicted octanol–water partition coefficient (Wildman–Crippen LogP) is 2.88. The van der Waals surface area contributed by atoms with Gasteiger partial charge in [-0.05, 0) is 36.8 Å². The summed E-state index contributed by atoms with van der Waals surface area (Å²) in [6.07, 6.45) is 3.14. The Morgan fingerprint density at radius 2 is 1.95 bits per heavy atom. The number of hydrogen-bond acceptors (Lipinski definition) is 3. The van der Waals surface area contributed by atoms with Crippen LogP contribution in [0.2, 0.25) is 0 Å². The van der Waals surface area contributed by atoms with E-state index < -0.39 is 12.0 Å². The van der Waals surface area contributed by atoms with Gasteiger partial charge in [-0.2, -0.15) is 0 Å². The molecule has 0 radical (unpaired) electrons. The van der Waals surface area contributed by atoms with Crippen LogP contribution in [0.25, 0.3) is 0 Å². The minimum Gasteiger partial charge on any atom is -0.480 e. The molecule has 2 N–H and O–H groups in total. The molecule has 1 heterocycles. The lowest BCUT2D eigenvalue weighted by molar-refractivity contribution is -0.140. The van der Waals surface area contributed by atoms with Crippen molar-refractivity contribution in [3.05, 3.63) is 29.8 Å². The normalized spacial score (nSPS) is 16.4. The van der Waals surface area contributed by atoms with Gasteiger partial charge >= 0.3 is 5.97 Å². The van der Waals surface area contributed by atoms with Crippen molar-refractivity contribution >= 4 is 11.7 Å². The van der Waals surface area contributed by atoms with E-state index in [1.807, 2.05) is 6.07 Å². The highest BCUT2D eigenvalue weighted by atomic mass is 16.4. The first kappa shape index (κ1) is 15.8. The quantitative estimate of drug-likeness (QED) is 0.811. The molecule has 1 fully saturated rings. The van der Waals surface area contributed by atoms with Crippen LogP contribution in [0.3, 0.4) is 0 Å². The molecule has 2 rings (SSSR count). The van der Waals surface area contributed by atoms with Crippen molar-refractivity contribution in [3.63, 3.8) is 0 Å². The molecule has 4 nitrogen and oxygen atoms in total. The molecule has 0 spiro atoms. The molecule has 4 heteroatoms. The Bertz CT molecular complexity index is 468. The summed E-state index contributed by atoms with van der Waals surface area (Å²) in [5, 5.41) is 12.5. The number of para-hydroxylation sites is 1. The zero-order valence-electron chi connectivity index (χ0n) is 13.0. The molecule has 21 heavy (non-hydrogen) atoms. The first-order chi connectivity index (χ1) is 10.1. The minimum atomic E-state index is -0.762. The Morgan fingerprint density at radius 3 is 2.57 bits per heavy atom. The maximum Gasteiger partial charge on any atom is 0.320 e. The largest absolute Gasteiger partial charge is 0.480 e. The van der Waals surface area contributed by atoms with Crippen LogP contribution in [0.5, 0.6) is 0 Å². The van der Waals surface area contributed by atoms with Crippen LogP contribution in [0.1, 0.15) is 38.7 Å². The Balaban J connectivity index is 2.03. The molecule has 1 aliphatic rings. The molecule has 0 saturated carbocycles. The second kappa shape index (κ2) is 7.46. The van der Waals surface area contributed by atoms with Gasteiger partial charge in [0.25, 0.3) is 0 Å². The van der Waals surface area contributed by atoms with Crippen LogP contribution in [0.4, 0.5) is 5.69 Å². The Kier molecular flexibility index (Phi) is 5.62. The van der Waals surface area contributed by atoms with Gasteiger partial charge < -0.3 is 15.3 Å². The summed E-state index contributed by atoms with van der Waals surface area (Å²) in [6, 6.07) is 7.83. The van der Waals surface area contributed by atoms with E-state index in [0.29, 0.717) is 18.9 Å². The van der Waals surface area contributed by atoms with E-state index in [-0.39, 0.29) is 0 Å². The summed E-state index contributed by atoms with van der Waals surface area (Å²) in [4.78, 5) is 13.7. The van der Waals surface area contributed by atoms with E-state index >= 15 is 0 Å². The van der Waals surface area contributed by atoms with Crippen LogP contribution in [-0.4, -0.2) is 30.2 Å². The zero-order chi connectivity index (χ0) is 15.2. The van der Waals surface area contributed by atoms with Crippen molar-refractivity contribution in [1.82, 2.24) is 5.32 Å². The number of nitrogens with one attached hydrogen (secondary N) is 1. The smallest absolute Gasteiger partial charge is 0.320 e. The highest BCUT2D eigenvalue weighted by Crippen LogP contribution is 2.24. The number of aliphatic carboxylic acids is 1. The monoisotopic (exact) mass is 290 g/mol. The first-order valence-electron chi connectivity index (χ1n) is 7.87. The number of rotatable bonds is 7. The van der Waals surface area contributed by atoms with Crippen molar-refractivity contribution in [1.29, 1.82) is 0 Å². The van der Waals surface area contributed by atoms with Gasteiger partial charge in [0.15, 0.2) is 0 Å². The molecule has 0 bridgehead atoms. The van der Waals surface area contributed by atoms with Gasteiger partial charge in [0.1, 0.15) is 6.04 Å². The topological polar surface area (TPSA) is 52.6 Å². The summed E-state index contributed by atoms with van der Waals surface area (Å²) in [7, 11) is 0. The fourth-order valence-corrected chi connectivity index (χ4v) is 2.90. The highest BCUT2D eigenvalue weighted by molar-refractivity contribution is 5.73. The lowest BCUT2D eigenvalue weighted by Crippen LogP contribution is -2.37. The van der Waals surface area contributed by atoms with Crippen molar-refractivity contribution in [3.8, 4) is 0 Å². The molecule has 1 unspecified atom stereocenters. The Morgan fingerprint density at radius 1 is 1.29 bits per heavy atom. The molecular formula is C17H26N2O2. The summed E-state index contributed by atoms with van der Waals surface area (Å²) in [6.45, 7) is 6.92. The van der Waals surface area contributed by atoms with Gasteiger partial charge in [0.2, 0.25) is 0 Å². The standard InChI is InChI=1S/C17H26N2O2/c1-13(2)11-15(17(20)21)18-12-14-7-3-4-8-16(14)19-9-5-6-10-19/h3-4,7-8,13,15,18H,5-6,9-12H2,1-2H3,(H,20,21). The van der Waals surface area contributed by atoms with Crippen molar-refractivity contribution in [2.45, 2.75) is 45.7 Å². The maximum atomic E-state index is 11.3. The van der Waals surface area contributed by atoms with Crippen LogP contribution >= 0.6 is 0 Å². The average Bonchev–Trinajstić information content (AvgIpc) is 2.97. The van der Waals surface area contributed by atoms with Gasteiger partial charge in [-0.1, -0.05) is 32.0 Å². The van der Waals surface area contributed by atoms with Crippen LogP contribution < -0.4 is 10.2 Å². The minimum absolute atomic E-state index is 0.368. The lowest BCUT2D eigenvalue weighted by Gasteiger charge is -2.23. The van der Waals surface area contributed by atoms with E-state index in [0.717, 1.165) is 13.1 Å². The molecule has 0 aromatic heterocycles. The second-order valence-corrected chi connectivity index (χ2v) is 6.22. The van der Waals surface area contributed by atoms with E-state index in [4.69, 9.17) is 0 Å². The molecule has 1 aromatic carbocycles. The average molecular weight is 290 g/mol. The molecule has 0 aliphatic carbocycles. The predicted molar refractivity (Wildman–Crippen MR) is 85.6 cm³/mol. The van der Waals surface area contributed by atoms with E-state index in [9.17, 15) is 9.90 Å². The Labute approximate surface area is 127 Å². The van der Waals surface area contributed by atoms with Crippen LogP contribution in [-0.2, 0) is 11.3 Å². The number of carboxylic acids is 1. The number of benzene rings is 1. The third-order valence-corrected chi connectivity index (χ3v) is 3.98. The number of carboxylic acid groups (broad SMARTS) is 1. The summed E-state index contributed by atoms with van der Waals surface area (Å²) in [5.41, 5.74) is 2.44. The van der Waals surface area contributed by atoms with E-state index in [2.05, 4.69) is 42.3 Å². The molecule has 0 amide bonds. The number of hydrogen-bond donors (Lipinski definition) is 2. The Hall–Kier alpha value is -1.55. The second-order valence-electron chi connectivity index (χ2n) is 6.22. The van der Waals surface area contributed by atoms with Crippen LogP contribution in [0.15, 0.2) is 24.3 Å². The fourth-order valence-electron chi connectivity index (χ4n) is 2.90.